The van der Waals surface area contributed by atoms with Gasteiger partial charge < -0.3 is 9.30 Å². The van der Waals surface area contributed by atoms with Crippen LogP contribution in [0.2, 0.25) is 0 Å². The van der Waals surface area contributed by atoms with Crippen molar-refractivity contribution in [2.24, 2.45) is 5.92 Å². The predicted octanol–water partition coefficient (Wildman–Crippen LogP) is 3.51. The minimum atomic E-state index is -3.52. The molecule has 6 nitrogen and oxygen atoms in total. The monoisotopic (exact) mass is 419 g/mol. The number of aromatic nitrogens is 2. The number of likely N-dealkylation sites (N-methyl/N-ethyl adjacent to an activating group) is 1. The van der Waals surface area contributed by atoms with Gasteiger partial charge in [-0.3, -0.25) is 4.90 Å². The Morgan fingerprint density at radius 2 is 2.00 bits per heavy atom. The third-order valence-electron chi connectivity index (χ3n) is 5.15. The molecule has 1 aliphatic heterocycles. The molecule has 0 unspecified atom stereocenters. The largest absolute Gasteiger partial charge is 0.377 e. The van der Waals surface area contributed by atoms with Crippen molar-refractivity contribution >= 4 is 9.84 Å². The Morgan fingerprint density at radius 1 is 1.24 bits per heavy atom. The summed E-state index contributed by atoms with van der Waals surface area (Å²) in [7, 11) is -1.46. The molecule has 160 valence electrons. The molecule has 0 saturated carbocycles. The van der Waals surface area contributed by atoms with Crippen LogP contribution in [-0.4, -0.2) is 49.2 Å². The predicted molar refractivity (Wildman–Crippen MR) is 114 cm³/mol. The van der Waals surface area contributed by atoms with E-state index in [0.29, 0.717) is 19.0 Å². The summed E-state index contributed by atoms with van der Waals surface area (Å²) in [5.41, 5.74) is 1.71. The van der Waals surface area contributed by atoms with Gasteiger partial charge in [0.1, 0.15) is 0 Å². The Kier molecular flexibility index (Phi) is 7.49. The van der Waals surface area contributed by atoms with Crippen molar-refractivity contribution < 1.29 is 13.2 Å². The van der Waals surface area contributed by atoms with E-state index >= 15 is 0 Å². The fourth-order valence-corrected chi connectivity index (χ4v) is 5.33. The maximum Gasteiger partial charge on any atom is 0.228 e. The molecule has 3 rings (SSSR count). The van der Waals surface area contributed by atoms with Gasteiger partial charge in [-0.25, -0.2) is 13.4 Å². The van der Waals surface area contributed by atoms with Crippen LogP contribution >= 0.6 is 0 Å². The first-order valence-electron chi connectivity index (χ1n) is 10.5. The number of hydrogen-bond donors (Lipinski definition) is 0. The standard InChI is InChI=1S/C22H33N3O3S/c1-18(2)14-25-20(15-24(3)16-21-11-7-8-12-28-21)13-23-22(25)29(26,27)17-19-9-5-4-6-10-19/h4-6,9-10,13,18,21H,7-8,11-12,14-17H2,1-3H3/t21-/m1/s1. The zero-order valence-electron chi connectivity index (χ0n) is 17.8. The smallest absolute Gasteiger partial charge is 0.228 e. The molecule has 0 bridgehead atoms. The molecule has 2 aromatic rings. The number of nitrogens with zero attached hydrogens (tertiary/aromatic N) is 3. The quantitative estimate of drug-likeness (QED) is 0.622. The van der Waals surface area contributed by atoms with Crippen molar-refractivity contribution in [2.45, 2.75) is 63.2 Å². The van der Waals surface area contributed by atoms with Crippen LogP contribution in [0.25, 0.3) is 0 Å². The van der Waals surface area contributed by atoms with E-state index in [1.807, 2.05) is 34.9 Å². The van der Waals surface area contributed by atoms with Gasteiger partial charge in [-0.15, -0.1) is 0 Å². The second-order valence-corrected chi connectivity index (χ2v) is 10.3. The zero-order chi connectivity index (χ0) is 20.9. The van der Waals surface area contributed by atoms with Crippen LogP contribution in [0, 0.1) is 5.92 Å². The summed E-state index contributed by atoms with van der Waals surface area (Å²) in [6.07, 6.45) is 5.43. The summed E-state index contributed by atoms with van der Waals surface area (Å²) in [6.45, 7) is 7.16. The molecule has 29 heavy (non-hydrogen) atoms. The minimum Gasteiger partial charge on any atom is -0.377 e. The zero-order valence-corrected chi connectivity index (χ0v) is 18.6. The van der Waals surface area contributed by atoms with Crippen LogP contribution < -0.4 is 0 Å². The second kappa shape index (κ2) is 9.87. The molecule has 0 amide bonds. The molecule has 0 aliphatic carbocycles. The summed E-state index contributed by atoms with van der Waals surface area (Å²) in [6, 6.07) is 9.29. The molecule has 1 fully saturated rings. The summed E-state index contributed by atoms with van der Waals surface area (Å²) in [5.74, 6) is 0.286. The molecular weight excluding hydrogens is 386 g/mol. The summed E-state index contributed by atoms with van der Waals surface area (Å²) in [4.78, 5) is 6.56. The molecule has 0 radical (unpaired) electrons. The first-order chi connectivity index (χ1) is 13.8. The number of benzene rings is 1. The van der Waals surface area contributed by atoms with Gasteiger partial charge >= 0.3 is 0 Å². The number of imidazole rings is 1. The summed E-state index contributed by atoms with van der Waals surface area (Å²) >= 11 is 0. The number of hydrogen-bond acceptors (Lipinski definition) is 5. The highest BCUT2D eigenvalue weighted by molar-refractivity contribution is 7.90. The first kappa shape index (κ1) is 22.0. The van der Waals surface area contributed by atoms with Crippen molar-refractivity contribution in [2.75, 3.05) is 20.2 Å². The van der Waals surface area contributed by atoms with Crippen LogP contribution in [0.5, 0.6) is 0 Å². The lowest BCUT2D eigenvalue weighted by Crippen LogP contribution is -2.33. The highest BCUT2D eigenvalue weighted by Gasteiger charge is 2.25. The Balaban J connectivity index is 1.78. The molecule has 1 saturated heterocycles. The average Bonchev–Trinajstić information content (AvgIpc) is 3.05. The first-order valence-corrected chi connectivity index (χ1v) is 12.1. The van der Waals surface area contributed by atoms with Gasteiger partial charge in [-0.2, -0.15) is 0 Å². The minimum absolute atomic E-state index is 0.0336. The van der Waals surface area contributed by atoms with E-state index in [4.69, 9.17) is 4.74 Å². The van der Waals surface area contributed by atoms with Crippen LogP contribution in [-0.2, 0) is 33.4 Å². The van der Waals surface area contributed by atoms with E-state index in [0.717, 1.165) is 37.3 Å². The molecule has 1 aromatic carbocycles. The third kappa shape index (κ3) is 6.14. The maximum atomic E-state index is 13.1. The van der Waals surface area contributed by atoms with Crippen LogP contribution in [0.3, 0.4) is 0 Å². The van der Waals surface area contributed by atoms with Crippen LogP contribution in [0.15, 0.2) is 41.7 Å². The van der Waals surface area contributed by atoms with Crippen LogP contribution in [0.4, 0.5) is 0 Å². The van der Waals surface area contributed by atoms with Crippen molar-refractivity contribution in [3.05, 3.63) is 47.8 Å². The second-order valence-electron chi connectivity index (χ2n) is 8.47. The fourth-order valence-electron chi connectivity index (χ4n) is 3.83. The number of sulfone groups is 1. The lowest BCUT2D eigenvalue weighted by molar-refractivity contribution is -0.00292. The van der Waals surface area contributed by atoms with Gasteiger partial charge in [0.25, 0.3) is 0 Å². The maximum absolute atomic E-state index is 13.1. The van der Waals surface area contributed by atoms with Gasteiger partial charge in [0.15, 0.2) is 0 Å². The number of rotatable bonds is 9. The Morgan fingerprint density at radius 3 is 2.66 bits per heavy atom. The van der Waals surface area contributed by atoms with Crippen molar-refractivity contribution in [3.63, 3.8) is 0 Å². The molecule has 1 atom stereocenters. The van der Waals surface area contributed by atoms with Crippen LogP contribution in [0.1, 0.15) is 44.4 Å². The molecule has 2 heterocycles. The van der Waals surface area contributed by atoms with Gasteiger partial charge in [0.05, 0.1) is 23.7 Å². The van der Waals surface area contributed by atoms with Crippen molar-refractivity contribution in [1.29, 1.82) is 0 Å². The van der Waals surface area contributed by atoms with Gasteiger partial charge in [0.2, 0.25) is 15.0 Å². The SMILES string of the molecule is CC(C)Cn1c(CN(C)C[C@H]2CCCCO2)cnc1S(=O)(=O)Cc1ccccc1. The Labute approximate surface area is 174 Å². The van der Waals surface area contributed by atoms with E-state index in [1.54, 1.807) is 6.20 Å². The lowest BCUT2D eigenvalue weighted by Gasteiger charge is -2.27. The molecule has 7 heteroatoms. The summed E-state index contributed by atoms with van der Waals surface area (Å²) < 4.78 is 33.9. The third-order valence-corrected chi connectivity index (χ3v) is 6.74. The van der Waals surface area contributed by atoms with E-state index in [9.17, 15) is 8.42 Å². The van der Waals surface area contributed by atoms with E-state index in [2.05, 4.69) is 30.8 Å². The molecule has 1 aromatic heterocycles. The fraction of sp³-hybridized carbons (Fsp3) is 0.591. The van der Waals surface area contributed by atoms with E-state index in [-0.39, 0.29) is 17.0 Å². The Bertz CT molecular complexity index is 872. The Hall–Kier alpha value is -1.70. The molecular formula is C22H33N3O3S. The molecule has 1 aliphatic rings. The van der Waals surface area contributed by atoms with Crippen molar-refractivity contribution in [3.8, 4) is 0 Å². The highest BCUT2D eigenvalue weighted by atomic mass is 32.2. The van der Waals surface area contributed by atoms with Gasteiger partial charge in [-0.1, -0.05) is 44.2 Å². The van der Waals surface area contributed by atoms with Gasteiger partial charge in [0, 0.05) is 26.2 Å². The van der Waals surface area contributed by atoms with E-state index < -0.39 is 9.84 Å². The average molecular weight is 420 g/mol. The summed E-state index contributed by atoms with van der Waals surface area (Å²) in [5, 5.41) is 0.173. The lowest BCUT2D eigenvalue weighted by atomic mass is 10.1. The number of ether oxygens (including phenoxy) is 1. The van der Waals surface area contributed by atoms with Gasteiger partial charge in [-0.05, 0) is 37.8 Å². The van der Waals surface area contributed by atoms with Crippen molar-refractivity contribution in [1.82, 2.24) is 14.5 Å². The molecule has 0 spiro atoms. The molecule has 0 N–H and O–H groups in total. The van der Waals surface area contributed by atoms with E-state index in [1.165, 1.54) is 6.42 Å². The normalized spacial score (nSPS) is 17.9. The highest BCUT2D eigenvalue weighted by Crippen LogP contribution is 2.21. The topological polar surface area (TPSA) is 64.4 Å².